The fraction of sp³-hybridized carbons (Fsp3) is 0.0617. The van der Waals surface area contributed by atoms with Crippen LogP contribution in [0.3, 0.4) is 0 Å². The van der Waals surface area contributed by atoms with Gasteiger partial charge < -0.3 is 18.6 Å². The summed E-state index contributed by atoms with van der Waals surface area (Å²) in [5.41, 5.74) is 25.1. The molecule has 0 saturated carbocycles. The van der Waals surface area contributed by atoms with Gasteiger partial charge in [-0.25, -0.2) is 0 Å². The van der Waals surface area contributed by atoms with Gasteiger partial charge >= 0.3 is 0 Å². The van der Waals surface area contributed by atoms with Gasteiger partial charge in [-0.1, -0.05) is 224 Å². The highest BCUT2D eigenvalue weighted by molar-refractivity contribution is 6.17. The van der Waals surface area contributed by atoms with E-state index < -0.39 is 5.41 Å². The smallest absolute Gasteiger partial charge is 0.159 e. The molecule has 0 bridgehead atoms. The number of hydrogen-bond donors (Lipinski definition) is 0. The van der Waals surface area contributed by atoms with Gasteiger partial charge in [-0.2, -0.15) is 0 Å². The summed E-state index contributed by atoms with van der Waals surface area (Å²) in [5.74, 6) is 0. The lowest BCUT2D eigenvalue weighted by Crippen LogP contribution is -2.29. The minimum absolute atomic E-state index is 0.808. The van der Waals surface area contributed by atoms with Crippen LogP contribution < -0.4 is 9.80 Å². The van der Waals surface area contributed by atoms with E-state index in [4.69, 9.17) is 8.83 Å². The molecule has 4 nitrogen and oxygen atoms in total. The number of benzene rings is 13. The van der Waals surface area contributed by atoms with Gasteiger partial charge in [0, 0.05) is 55.1 Å². The molecule has 0 radical (unpaired) electrons. The Hall–Kier alpha value is -10.7. The lowest BCUT2D eigenvalue weighted by molar-refractivity contribution is 0.670. The van der Waals surface area contributed by atoms with Gasteiger partial charge in [0.1, 0.15) is 11.2 Å². The van der Waals surface area contributed by atoms with Crippen LogP contribution in [0.25, 0.3) is 88.0 Å². The summed E-state index contributed by atoms with van der Waals surface area (Å²) >= 11 is 0. The maximum Gasteiger partial charge on any atom is 0.159 e. The van der Waals surface area contributed by atoms with Crippen molar-refractivity contribution in [3.63, 3.8) is 0 Å². The van der Waals surface area contributed by atoms with Crippen molar-refractivity contribution >= 4 is 88.8 Å². The van der Waals surface area contributed by atoms with Crippen LogP contribution in [-0.2, 0) is 5.41 Å². The number of fused-ring (bicyclic) bond motifs is 11. The van der Waals surface area contributed by atoms with Crippen molar-refractivity contribution in [2.75, 3.05) is 9.80 Å². The zero-order valence-corrected chi connectivity index (χ0v) is 47.8. The van der Waals surface area contributed by atoms with Crippen LogP contribution in [0.2, 0.25) is 0 Å². The van der Waals surface area contributed by atoms with Crippen molar-refractivity contribution in [2.24, 2.45) is 0 Å². The van der Waals surface area contributed by atoms with Crippen molar-refractivity contribution < 1.29 is 8.83 Å². The molecule has 16 rings (SSSR count). The first-order valence-corrected chi connectivity index (χ1v) is 29.4. The van der Waals surface area contributed by atoms with E-state index in [1.807, 2.05) is 0 Å². The molecular formula is C81H58N2O2. The first-order valence-electron chi connectivity index (χ1n) is 29.4. The third-order valence-electron chi connectivity index (χ3n) is 18.2. The predicted octanol–water partition coefficient (Wildman–Crippen LogP) is 22.5. The van der Waals surface area contributed by atoms with E-state index in [-0.39, 0.29) is 0 Å². The van der Waals surface area contributed by atoms with E-state index in [0.29, 0.717) is 0 Å². The van der Waals surface area contributed by atoms with Crippen LogP contribution in [0.1, 0.15) is 44.5 Å². The zero-order valence-electron chi connectivity index (χ0n) is 47.8. The molecule has 15 aromatic rings. The SMILES string of the molecule is Cc1ccc(N(c2ccc3c(c2)C(c2ccccc2)(c2ccccc2)c2cc(N(c4ccc(C)c(C)c4)c4cccc5c4oc4c(-c6ccccc6)cccc45)c4ccccc4c2-3)c2cccc3c2oc2c(-c4ccccc4)cccc23)cc1C. The number of anilines is 6. The number of para-hydroxylation sites is 4. The summed E-state index contributed by atoms with van der Waals surface area (Å²) in [6.07, 6.45) is 0. The Morgan fingerprint density at radius 3 is 1.20 bits per heavy atom. The maximum atomic E-state index is 7.32. The van der Waals surface area contributed by atoms with Gasteiger partial charge in [-0.05, 0) is 154 Å². The normalized spacial score (nSPS) is 12.6. The molecule has 0 N–H and O–H groups in total. The van der Waals surface area contributed by atoms with Crippen molar-refractivity contribution in [3.8, 4) is 33.4 Å². The topological polar surface area (TPSA) is 32.8 Å². The van der Waals surface area contributed by atoms with Crippen molar-refractivity contribution in [2.45, 2.75) is 33.1 Å². The lowest BCUT2D eigenvalue weighted by atomic mass is 9.67. The summed E-state index contributed by atoms with van der Waals surface area (Å²) in [5, 5.41) is 6.60. The molecule has 0 spiro atoms. The van der Waals surface area contributed by atoms with Crippen molar-refractivity contribution in [1.82, 2.24) is 0 Å². The Balaban J connectivity index is 0.986. The van der Waals surface area contributed by atoms with Crippen LogP contribution >= 0.6 is 0 Å². The standard InChI is InChI=1S/C81H58N2O2/c1-51-41-43-59(47-53(51)3)82(73-39-21-37-68-66-35-19-33-62(77(66)84-79(68)73)55-23-9-5-10-24-55)61-45-46-70-71(49-61)81(57-27-13-7-14-28-57,58-29-15-8-16-30-58)72-50-75(64-31-17-18-32-65(64)76(70)72)83(60-44-42-52(2)54(4)48-60)74-40-22-38-69-67-36-20-34-63(78(67)85-80(69)74)56-25-11-6-12-26-56/h5-50H,1-4H3. The van der Waals surface area contributed by atoms with E-state index in [0.717, 1.165) is 106 Å². The Morgan fingerprint density at radius 2 is 0.682 bits per heavy atom. The quantitative estimate of drug-likeness (QED) is 0.137. The number of rotatable bonds is 10. The molecule has 0 saturated heterocycles. The Bertz CT molecular complexity index is 5080. The molecule has 404 valence electrons. The summed E-state index contributed by atoms with van der Waals surface area (Å²) < 4.78 is 14.6. The van der Waals surface area contributed by atoms with Crippen LogP contribution in [0, 0.1) is 27.7 Å². The number of nitrogens with zero attached hydrogens (tertiary/aromatic N) is 2. The fourth-order valence-corrected chi connectivity index (χ4v) is 13.9. The van der Waals surface area contributed by atoms with E-state index in [1.165, 1.54) is 61.0 Å². The average Bonchev–Trinajstić information content (AvgIpc) is 1.57. The molecule has 13 aromatic carbocycles. The molecule has 4 heteroatoms. The molecule has 0 aliphatic heterocycles. The molecular weight excluding hydrogens is 1030 g/mol. The van der Waals surface area contributed by atoms with Crippen LogP contribution in [0.4, 0.5) is 34.1 Å². The first-order chi connectivity index (χ1) is 41.8. The van der Waals surface area contributed by atoms with Crippen LogP contribution in [0.5, 0.6) is 0 Å². The molecule has 0 atom stereocenters. The Morgan fingerprint density at radius 1 is 0.271 bits per heavy atom. The predicted molar refractivity (Wildman–Crippen MR) is 355 cm³/mol. The number of aryl methyl sites for hydroxylation is 4. The van der Waals surface area contributed by atoms with Gasteiger partial charge in [0.25, 0.3) is 0 Å². The Labute approximate surface area is 494 Å². The summed E-state index contributed by atoms with van der Waals surface area (Å²) in [4.78, 5) is 4.89. The summed E-state index contributed by atoms with van der Waals surface area (Å²) in [7, 11) is 0. The first kappa shape index (κ1) is 50.1. The van der Waals surface area contributed by atoms with E-state index >= 15 is 0 Å². The third kappa shape index (κ3) is 7.75. The lowest BCUT2D eigenvalue weighted by Gasteiger charge is -2.36. The third-order valence-corrected chi connectivity index (χ3v) is 18.2. The fourth-order valence-electron chi connectivity index (χ4n) is 13.9. The largest absolute Gasteiger partial charge is 0.453 e. The molecule has 1 aliphatic carbocycles. The second-order valence-electron chi connectivity index (χ2n) is 22.9. The van der Waals surface area contributed by atoms with Gasteiger partial charge in [-0.15, -0.1) is 0 Å². The Kier molecular flexibility index (Phi) is 11.6. The monoisotopic (exact) mass is 1090 g/mol. The van der Waals surface area contributed by atoms with Crippen LogP contribution in [-0.4, -0.2) is 0 Å². The van der Waals surface area contributed by atoms with Crippen molar-refractivity contribution in [3.05, 3.63) is 324 Å². The second-order valence-corrected chi connectivity index (χ2v) is 22.9. The highest BCUT2D eigenvalue weighted by Gasteiger charge is 2.48. The summed E-state index contributed by atoms with van der Waals surface area (Å²) in [6, 6.07) is 102. The molecule has 0 unspecified atom stereocenters. The van der Waals surface area contributed by atoms with Crippen LogP contribution in [0.15, 0.2) is 288 Å². The highest BCUT2D eigenvalue weighted by atomic mass is 16.3. The molecule has 0 fully saturated rings. The molecule has 85 heavy (non-hydrogen) atoms. The minimum atomic E-state index is -0.808. The van der Waals surface area contributed by atoms with E-state index in [9.17, 15) is 0 Å². The maximum absolute atomic E-state index is 7.32. The minimum Gasteiger partial charge on any atom is -0.453 e. The molecule has 2 heterocycles. The van der Waals surface area contributed by atoms with Gasteiger partial charge in [0.15, 0.2) is 11.2 Å². The van der Waals surface area contributed by atoms with Gasteiger partial charge in [0.2, 0.25) is 0 Å². The van der Waals surface area contributed by atoms with Gasteiger partial charge in [0.05, 0.1) is 22.5 Å². The van der Waals surface area contributed by atoms with Gasteiger partial charge in [-0.3, -0.25) is 0 Å². The molecule has 0 amide bonds. The highest BCUT2D eigenvalue weighted by Crippen LogP contribution is 2.61. The molecule has 1 aliphatic rings. The summed E-state index contributed by atoms with van der Waals surface area (Å²) in [6.45, 7) is 8.81. The van der Waals surface area contributed by atoms with E-state index in [1.54, 1.807) is 0 Å². The number of hydrogen-bond acceptors (Lipinski definition) is 4. The van der Waals surface area contributed by atoms with Crippen molar-refractivity contribution in [1.29, 1.82) is 0 Å². The zero-order chi connectivity index (χ0) is 56.9. The second kappa shape index (κ2) is 19.8. The number of furan rings is 2. The average molecular weight is 1090 g/mol. The van der Waals surface area contributed by atoms with E-state index in [2.05, 4.69) is 317 Å². The molecule has 2 aromatic heterocycles.